The van der Waals surface area contributed by atoms with Crippen molar-refractivity contribution in [2.24, 2.45) is 0 Å². The number of nitrogens with one attached hydrogen (secondary N) is 1. The van der Waals surface area contributed by atoms with Gasteiger partial charge in [-0.25, -0.2) is 0 Å². The molecular weight excluding hydrogens is 332 g/mol. The summed E-state index contributed by atoms with van der Waals surface area (Å²) in [5.74, 6) is -17.0. The molecule has 0 saturated carbocycles. The van der Waals surface area contributed by atoms with Gasteiger partial charge in [-0.2, -0.15) is 26.3 Å². The first kappa shape index (κ1) is 19.8. The highest BCUT2D eigenvalue weighted by Crippen LogP contribution is 2.47. The zero-order chi connectivity index (χ0) is 17.1. The predicted octanol–water partition coefficient (Wildman–Crippen LogP) is 1.51. The number of carboxylic acids is 1. The fourth-order valence-corrected chi connectivity index (χ4v) is 1.35. The number of carbonyl (C=O) groups is 2. The zero-order valence-corrected chi connectivity index (χ0v) is 11.3. The number of alkyl halides is 7. The van der Waals surface area contributed by atoms with Gasteiger partial charge < -0.3 is 15.2 Å². The third kappa shape index (κ3) is 4.39. The second-order valence-corrected chi connectivity index (χ2v) is 4.61. The van der Waals surface area contributed by atoms with E-state index in [2.05, 4.69) is 11.6 Å². The van der Waals surface area contributed by atoms with Crippen LogP contribution in [-0.2, 0) is 9.59 Å². The van der Waals surface area contributed by atoms with E-state index in [0.29, 0.717) is 6.42 Å². The molecule has 0 saturated heterocycles. The number of aliphatic carboxylic acids is 1. The first-order valence-corrected chi connectivity index (χ1v) is 6.01. The molecule has 0 unspecified atom stereocenters. The maximum atomic E-state index is 13.1. The Morgan fingerprint density at radius 3 is 2.00 bits per heavy atom. The molecule has 1 amide bonds. The van der Waals surface area contributed by atoms with E-state index in [1.165, 1.54) is 0 Å². The number of hydrogen-bond donors (Lipinski definition) is 1. The van der Waals surface area contributed by atoms with Gasteiger partial charge in [0.25, 0.3) is 5.91 Å². The molecule has 0 aromatic heterocycles. The molecular formula is C10H11ClF6NO3-. The van der Waals surface area contributed by atoms with Crippen LogP contribution in [0.5, 0.6) is 0 Å². The first-order valence-electron chi connectivity index (χ1n) is 5.63. The number of rotatable bonds is 8. The van der Waals surface area contributed by atoms with Gasteiger partial charge in [-0.15, -0.1) is 0 Å². The standard InChI is InChI=1S/C10H12ClF6NO3/c1-2-3-4-5(6(19)20)18-7(21)8(12,13)9(14,15)10(11,16)17/h5H,2-4H2,1H3,(H,18,21)(H,19,20)/p-1/t5-/m0/s1. The molecule has 0 aromatic carbocycles. The third-order valence-corrected chi connectivity index (χ3v) is 2.71. The van der Waals surface area contributed by atoms with Gasteiger partial charge in [0.15, 0.2) is 0 Å². The lowest BCUT2D eigenvalue weighted by atomic mass is 10.1. The molecule has 4 nitrogen and oxygen atoms in total. The number of carboxylic acid groups (broad SMARTS) is 1. The van der Waals surface area contributed by atoms with E-state index in [0.717, 1.165) is 5.32 Å². The van der Waals surface area contributed by atoms with Gasteiger partial charge in [0.05, 0.1) is 12.0 Å². The van der Waals surface area contributed by atoms with E-state index in [-0.39, 0.29) is 12.8 Å². The molecule has 1 atom stereocenters. The number of hydrogen-bond acceptors (Lipinski definition) is 3. The highest BCUT2D eigenvalue weighted by atomic mass is 35.5. The van der Waals surface area contributed by atoms with Gasteiger partial charge in [-0.05, 0) is 18.0 Å². The third-order valence-electron chi connectivity index (χ3n) is 2.47. The Labute approximate surface area is 120 Å². The zero-order valence-electron chi connectivity index (χ0n) is 10.6. The Kier molecular flexibility index (Phi) is 6.33. The number of carbonyl (C=O) groups excluding carboxylic acids is 2. The van der Waals surface area contributed by atoms with Crippen molar-refractivity contribution in [2.45, 2.75) is 49.5 Å². The van der Waals surface area contributed by atoms with Gasteiger partial charge >= 0.3 is 17.2 Å². The molecule has 0 spiro atoms. The fraction of sp³-hybridized carbons (Fsp3) is 0.800. The molecule has 124 valence electrons. The molecule has 0 aromatic rings. The van der Waals surface area contributed by atoms with E-state index < -0.39 is 35.1 Å². The van der Waals surface area contributed by atoms with E-state index in [1.807, 2.05) is 0 Å². The highest BCUT2D eigenvalue weighted by molar-refractivity contribution is 6.22. The molecule has 0 aliphatic heterocycles. The van der Waals surface area contributed by atoms with Gasteiger partial charge in [-0.3, -0.25) is 4.79 Å². The SMILES string of the molecule is CCCC[C@H](NC(=O)C(F)(F)C(F)(F)C(F)(F)Cl)C(=O)[O-]. The Balaban J connectivity index is 5.17. The number of halogens is 7. The van der Waals surface area contributed by atoms with Gasteiger partial charge in [0, 0.05) is 0 Å². The largest absolute Gasteiger partial charge is 0.548 e. The summed E-state index contributed by atoms with van der Waals surface area (Å²) < 4.78 is 76.4. The normalized spacial score (nSPS) is 14.7. The average Bonchev–Trinajstić information content (AvgIpc) is 2.31. The van der Waals surface area contributed by atoms with Gasteiger partial charge in [0.2, 0.25) is 0 Å². The van der Waals surface area contributed by atoms with Crippen LogP contribution in [-0.4, -0.2) is 35.1 Å². The van der Waals surface area contributed by atoms with Crippen LogP contribution in [0.3, 0.4) is 0 Å². The molecule has 11 heteroatoms. The van der Waals surface area contributed by atoms with Crippen LogP contribution in [0.25, 0.3) is 0 Å². The first-order chi connectivity index (χ1) is 9.29. The van der Waals surface area contributed by atoms with E-state index in [1.54, 1.807) is 6.92 Å². The van der Waals surface area contributed by atoms with Crippen molar-refractivity contribution in [2.75, 3.05) is 0 Å². The Morgan fingerprint density at radius 1 is 1.19 bits per heavy atom. The molecule has 0 radical (unpaired) electrons. The lowest BCUT2D eigenvalue weighted by molar-refractivity contribution is -0.309. The quantitative estimate of drug-likeness (QED) is 0.537. The molecule has 0 fully saturated rings. The minimum Gasteiger partial charge on any atom is -0.548 e. The summed E-state index contributed by atoms with van der Waals surface area (Å²) in [7, 11) is 0. The van der Waals surface area contributed by atoms with Gasteiger partial charge in [-0.1, -0.05) is 19.8 Å². The summed E-state index contributed by atoms with van der Waals surface area (Å²) in [6.45, 7) is 1.60. The maximum Gasteiger partial charge on any atom is 0.395 e. The second-order valence-electron chi connectivity index (χ2n) is 4.13. The summed E-state index contributed by atoms with van der Waals surface area (Å²) in [5, 5.41) is 5.93. The van der Waals surface area contributed by atoms with Crippen LogP contribution < -0.4 is 10.4 Å². The maximum absolute atomic E-state index is 13.1. The summed E-state index contributed by atoms with van der Waals surface area (Å²) in [4.78, 5) is 21.6. The van der Waals surface area contributed by atoms with Crippen LogP contribution in [0.1, 0.15) is 26.2 Å². The number of unbranched alkanes of at least 4 members (excludes halogenated alkanes) is 1. The minimum atomic E-state index is -6.20. The van der Waals surface area contributed by atoms with Crippen molar-refractivity contribution in [3.63, 3.8) is 0 Å². The monoisotopic (exact) mass is 342 g/mol. The molecule has 0 aliphatic rings. The topological polar surface area (TPSA) is 69.2 Å². The molecule has 0 rings (SSSR count). The van der Waals surface area contributed by atoms with Crippen molar-refractivity contribution in [3.8, 4) is 0 Å². The second kappa shape index (κ2) is 6.71. The van der Waals surface area contributed by atoms with Gasteiger partial charge in [0.1, 0.15) is 0 Å². The Bertz CT molecular complexity index is 399. The summed E-state index contributed by atoms with van der Waals surface area (Å²) >= 11 is 3.86. The van der Waals surface area contributed by atoms with Crippen LogP contribution in [0.2, 0.25) is 0 Å². The van der Waals surface area contributed by atoms with Crippen molar-refractivity contribution in [1.82, 2.24) is 5.32 Å². The van der Waals surface area contributed by atoms with E-state index in [4.69, 9.17) is 0 Å². The van der Waals surface area contributed by atoms with Crippen LogP contribution in [0.15, 0.2) is 0 Å². The van der Waals surface area contributed by atoms with E-state index >= 15 is 0 Å². The van der Waals surface area contributed by atoms with Crippen LogP contribution >= 0.6 is 11.6 Å². The Hall–Kier alpha value is -1.19. The van der Waals surface area contributed by atoms with E-state index in [9.17, 15) is 41.0 Å². The fourth-order valence-electron chi connectivity index (χ4n) is 1.23. The molecule has 0 aliphatic carbocycles. The van der Waals surface area contributed by atoms with Crippen molar-refractivity contribution >= 4 is 23.5 Å². The number of amides is 1. The minimum absolute atomic E-state index is 0.145. The van der Waals surface area contributed by atoms with Crippen LogP contribution in [0.4, 0.5) is 26.3 Å². The summed E-state index contributed by atoms with van der Waals surface area (Å²) in [6, 6.07) is -2.01. The highest BCUT2D eigenvalue weighted by Gasteiger charge is 2.74. The summed E-state index contributed by atoms with van der Waals surface area (Å²) in [5.41, 5.74) is 0. The lowest BCUT2D eigenvalue weighted by Crippen LogP contribution is -2.62. The average molecular weight is 343 g/mol. The predicted molar refractivity (Wildman–Crippen MR) is 57.2 cm³/mol. The molecule has 0 heterocycles. The van der Waals surface area contributed by atoms with Crippen molar-refractivity contribution in [3.05, 3.63) is 0 Å². The van der Waals surface area contributed by atoms with Crippen molar-refractivity contribution in [1.29, 1.82) is 0 Å². The molecule has 0 bridgehead atoms. The Morgan fingerprint density at radius 2 is 1.67 bits per heavy atom. The van der Waals surface area contributed by atoms with Crippen molar-refractivity contribution < 1.29 is 41.0 Å². The molecule has 21 heavy (non-hydrogen) atoms. The lowest BCUT2D eigenvalue weighted by Gasteiger charge is -2.30. The molecule has 1 N–H and O–H groups in total. The smallest absolute Gasteiger partial charge is 0.395 e. The van der Waals surface area contributed by atoms with Crippen LogP contribution in [0, 0.1) is 0 Å². The summed E-state index contributed by atoms with van der Waals surface area (Å²) in [6.07, 6.45) is 0.169.